The van der Waals surface area contributed by atoms with Crippen molar-refractivity contribution < 1.29 is 4.79 Å². The lowest BCUT2D eigenvalue weighted by atomic mass is 9.97. The van der Waals surface area contributed by atoms with Crippen molar-refractivity contribution in [3.63, 3.8) is 0 Å². The van der Waals surface area contributed by atoms with Gasteiger partial charge in [0, 0.05) is 11.3 Å². The van der Waals surface area contributed by atoms with Crippen molar-refractivity contribution in [2.24, 2.45) is 0 Å². The average Bonchev–Trinajstić information content (AvgIpc) is 2.65. The van der Waals surface area contributed by atoms with E-state index in [1.54, 1.807) is 11.3 Å². The number of hydrogen-bond acceptors (Lipinski definition) is 3. The highest BCUT2D eigenvalue weighted by Gasteiger charge is 2.20. The van der Waals surface area contributed by atoms with Gasteiger partial charge in [-0.1, -0.05) is 6.42 Å². The van der Waals surface area contributed by atoms with E-state index in [-0.39, 0.29) is 6.04 Å². The van der Waals surface area contributed by atoms with Crippen LogP contribution in [0.5, 0.6) is 0 Å². The maximum Gasteiger partial charge on any atom is 0.154 e. The first-order valence-electron chi connectivity index (χ1n) is 5.56. The van der Waals surface area contributed by atoms with Gasteiger partial charge in [-0.2, -0.15) is 0 Å². The van der Waals surface area contributed by atoms with E-state index < -0.39 is 0 Å². The molecule has 1 unspecified atom stereocenters. The zero-order chi connectivity index (χ0) is 10.7. The molecule has 0 aromatic carbocycles. The number of ketones is 1. The normalized spacial score (nSPS) is 21.5. The zero-order valence-electron chi connectivity index (χ0n) is 9.08. The van der Waals surface area contributed by atoms with Crippen molar-refractivity contribution in [2.45, 2.75) is 38.6 Å². The number of nitrogens with one attached hydrogen (secondary N) is 1. The van der Waals surface area contributed by atoms with Crippen molar-refractivity contribution in [1.29, 1.82) is 0 Å². The van der Waals surface area contributed by atoms with Gasteiger partial charge in [0.25, 0.3) is 0 Å². The van der Waals surface area contributed by atoms with Gasteiger partial charge in [-0.15, -0.1) is 11.3 Å². The predicted octanol–water partition coefficient (Wildman–Crippen LogP) is 2.31. The molecule has 0 bridgehead atoms. The molecule has 2 nitrogen and oxygen atoms in total. The second kappa shape index (κ2) is 4.90. The summed E-state index contributed by atoms with van der Waals surface area (Å²) in [5.74, 6) is 0.354. The molecule has 0 radical (unpaired) electrons. The quantitative estimate of drug-likeness (QED) is 0.852. The van der Waals surface area contributed by atoms with E-state index in [2.05, 4.69) is 23.7 Å². The highest BCUT2D eigenvalue weighted by atomic mass is 32.1. The molecule has 1 aromatic rings. The summed E-state index contributed by atoms with van der Waals surface area (Å²) in [6.07, 6.45) is 4.01. The Morgan fingerprint density at radius 1 is 1.60 bits per heavy atom. The minimum atomic E-state index is 0.110. The Bertz CT molecular complexity index is 339. The van der Waals surface area contributed by atoms with E-state index >= 15 is 0 Å². The smallest absolute Gasteiger partial charge is 0.154 e. The number of hydrogen-bond donors (Lipinski definition) is 1. The molecular formula is C12H17NOS. The summed E-state index contributed by atoms with van der Waals surface area (Å²) in [6.45, 7) is 3.08. The Kier molecular flexibility index (Phi) is 3.54. The molecule has 1 saturated heterocycles. The standard InChI is InChI=1S/C12H17NOS/c1-9-6-10(8-15-9)7-12(14)11-4-2-3-5-13-11/h6,8,11,13H,2-5,7H2,1H3. The van der Waals surface area contributed by atoms with Gasteiger partial charge in [-0.25, -0.2) is 0 Å². The van der Waals surface area contributed by atoms with Crippen molar-refractivity contribution in [2.75, 3.05) is 6.54 Å². The molecule has 0 aliphatic carbocycles. The van der Waals surface area contributed by atoms with E-state index in [9.17, 15) is 4.79 Å². The first-order valence-corrected chi connectivity index (χ1v) is 6.44. The molecule has 2 rings (SSSR count). The van der Waals surface area contributed by atoms with Gasteiger partial charge in [0.1, 0.15) is 0 Å². The molecule has 0 spiro atoms. The maximum absolute atomic E-state index is 11.9. The van der Waals surface area contributed by atoms with Crippen LogP contribution < -0.4 is 5.32 Å². The van der Waals surface area contributed by atoms with E-state index in [0.29, 0.717) is 12.2 Å². The van der Waals surface area contributed by atoms with Gasteiger partial charge in [0.15, 0.2) is 5.78 Å². The van der Waals surface area contributed by atoms with Crippen molar-refractivity contribution in [3.05, 3.63) is 21.9 Å². The first kappa shape index (κ1) is 10.8. The van der Waals surface area contributed by atoms with Crippen LogP contribution in [0.2, 0.25) is 0 Å². The molecule has 0 amide bonds. The Labute approximate surface area is 94.7 Å². The molecule has 82 valence electrons. The fourth-order valence-electron chi connectivity index (χ4n) is 2.04. The molecule has 1 atom stereocenters. The van der Waals surface area contributed by atoms with Crippen LogP contribution in [0.1, 0.15) is 29.7 Å². The highest BCUT2D eigenvalue weighted by molar-refractivity contribution is 7.10. The summed E-state index contributed by atoms with van der Waals surface area (Å²) in [4.78, 5) is 13.2. The third-order valence-electron chi connectivity index (χ3n) is 2.86. The molecule has 1 N–H and O–H groups in total. The Morgan fingerprint density at radius 2 is 2.47 bits per heavy atom. The van der Waals surface area contributed by atoms with Crippen LogP contribution in [-0.4, -0.2) is 18.4 Å². The van der Waals surface area contributed by atoms with Gasteiger partial charge in [0.2, 0.25) is 0 Å². The van der Waals surface area contributed by atoms with Crippen LogP contribution in [-0.2, 0) is 11.2 Å². The molecule has 1 aliphatic rings. The summed E-state index contributed by atoms with van der Waals surface area (Å²) in [5.41, 5.74) is 1.18. The van der Waals surface area contributed by atoms with Gasteiger partial charge < -0.3 is 5.32 Å². The summed E-state index contributed by atoms with van der Waals surface area (Å²) in [7, 11) is 0. The molecule has 0 saturated carbocycles. The Balaban J connectivity index is 1.91. The molecule has 3 heteroatoms. The number of carbonyl (C=O) groups is 1. The number of piperidine rings is 1. The largest absolute Gasteiger partial charge is 0.307 e. The fraction of sp³-hybridized carbons (Fsp3) is 0.583. The van der Waals surface area contributed by atoms with Gasteiger partial charge >= 0.3 is 0 Å². The lowest BCUT2D eigenvalue weighted by Gasteiger charge is -2.21. The minimum Gasteiger partial charge on any atom is -0.307 e. The Hall–Kier alpha value is -0.670. The van der Waals surface area contributed by atoms with E-state index in [1.165, 1.54) is 23.3 Å². The topological polar surface area (TPSA) is 29.1 Å². The van der Waals surface area contributed by atoms with Crippen molar-refractivity contribution in [1.82, 2.24) is 5.32 Å². The van der Waals surface area contributed by atoms with Gasteiger partial charge in [0.05, 0.1) is 6.04 Å². The second-order valence-corrected chi connectivity index (χ2v) is 5.33. The Morgan fingerprint density at radius 3 is 3.07 bits per heavy atom. The molecule has 15 heavy (non-hydrogen) atoms. The average molecular weight is 223 g/mol. The SMILES string of the molecule is Cc1cc(CC(=O)C2CCCCN2)cs1. The van der Waals surface area contributed by atoms with Crippen LogP contribution in [0, 0.1) is 6.92 Å². The highest BCUT2D eigenvalue weighted by Crippen LogP contribution is 2.16. The molecule has 1 aromatic heterocycles. The van der Waals surface area contributed by atoms with Crippen molar-refractivity contribution >= 4 is 17.1 Å². The van der Waals surface area contributed by atoms with Crippen LogP contribution >= 0.6 is 11.3 Å². The third kappa shape index (κ3) is 2.89. The van der Waals surface area contributed by atoms with Gasteiger partial charge in [-0.05, 0) is 43.3 Å². The first-order chi connectivity index (χ1) is 7.25. The third-order valence-corrected chi connectivity index (χ3v) is 3.77. The number of thiophene rings is 1. The lowest BCUT2D eigenvalue weighted by Crippen LogP contribution is -2.41. The van der Waals surface area contributed by atoms with Crippen LogP contribution in [0.4, 0.5) is 0 Å². The van der Waals surface area contributed by atoms with E-state index in [0.717, 1.165) is 13.0 Å². The van der Waals surface area contributed by atoms with E-state index in [1.807, 2.05) is 0 Å². The maximum atomic E-state index is 11.9. The number of rotatable bonds is 3. The number of Topliss-reactive ketones (excluding diaryl/α,β-unsaturated/α-hetero) is 1. The van der Waals surface area contributed by atoms with Crippen LogP contribution in [0.3, 0.4) is 0 Å². The summed E-state index contributed by atoms with van der Waals surface area (Å²) >= 11 is 1.72. The summed E-state index contributed by atoms with van der Waals surface area (Å²) < 4.78 is 0. The minimum absolute atomic E-state index is 0.110. The fourth-order valence-corrected chi connectivity index (χ4v) is 2.75. The van der Waals surface area contributed by atoms with E-state index in [4.69, 9.17) is 0 Å². The number of carbonyl (C=O) groups excluding carboxylic acids is 1. The molecular weight excluding hydrogens is 206 g/mol. The predicted molar refractivity (Wildman–Crippen MR) is 63.4 cm³/mol. The van der Waals surface area contributed by atoms with Crippen LogP contribution in [0.15, 0.2) is 11.4 Å². The molecule has 1 fully saturated rings. The summed E-state index contributed by atoms with van der Waals surface area (Å²) in [6, 6.07) is 2.23. The second-order valence-electron chi connectivity index (χ2n) is 4.21. The van der Waals surface area contributed by atoms with Crippen molar-refractivity contribution in [3.8, 4) is 0 Å². The lowest BCUT2D eigenvalue weighted by molar-refractivity contribution is -0.120. The number of aryl methyl sites for hydroxylation is 1. The van der Waals surface area contributed by atoms with Crippen LogP contribution in [0.25, 0.3) is 0 Å². The molecule has 2 heterocycles. The van der Waals surface area contributed by atoms with Gasteiger partial charge in [-0.3, -0.25) is 4.79 Å². The summed E-state index contributed by atoms with van der Waals surface area (Å²) in [5, 5.41) is 5.39. The monoisotopic (exact) mass is 223 g/mol. The zero-order valence-corrected chi connectivity index (χ0v) is 9.90. The molecule has 1 aliphatic heterocycles.